The topological polar surface area (TPSA) is 42.2 Å². The number of hydrogen-bond acceptors (Lipinski definition) is 3. The van der Waals surface area contributed by atoms with Gasteiger partial charge in [0.25, 0.3) is 0 Å². The molecule has 0 radical (unpaired) electrons. The summed E-state index contributed by atoms with van der Waals surface area (Å²) in [4.78, 5) is 6.80. The molecule has 2 N–H and O–H groups in total. The zero-order valence-electron chi connectivity index (χ0n) is 10.9. The van der Waals surface area contributed by atoms with E-state index < -0.39 is 0 Å². The maximum Gasteiger partial charge on any atom is 0.143 e. The molecule has 1 aromatic rings. The molecule has 17 heavy (non-hydrogen) atoms. The van der Waals surface area contributed by atoms with E-state index in [0.29, 0.717) is 5.92 Å². The molecule has 0 unspecified atom stereocenters. The van der Waals surface area contributed by atoms with Crippen molar-refractivity contribution >= 4 is 21.7 Å². The zero-order valence-corrected chi connectivity index (χ0v) is 12.5. The van der Waals surface area contributed by atoms with Crippen LogP contribution >= 0.6 is 15.9 Å². The Hall–Kier alpha value is -0.610. The fourth-order valence-corrected chi connectivity index (χ4v) is 2.24. The molecule has 0 saturated heterocycles. The summed E-state index contributed by atoms with van der Waals surface area (Å²) >= 11 is 3.63. The summed E-state index contributed by atoms with van der Waals surface area (Å²) in [6, 6.07) is 2.02. The SMILES string of the molecule is Cc1ccnc(N(CCCN)CC(C)C)c1Br. The Kier molecular flexibility index (Phi) is 5.92. The summed E-state index contributed by atoms with van der Waals surface area (Å²) < 4.78 is 1.10. The molecule has 0 aliphatic carbocycles. The highest BCUT2D eigenvalue weighted by Crippen LogP contribution is 2.27. The lowest BCUT2D eigenvalue weighted by Crippen LogP contribution is -2.31. The van der Waals surface area contributed by atoms with Gasteiger partial charge in [-0.1, -0.05) is 13.8 Å². The highest BCUT2D eigenvalue weighted by molar-refractivity contribution is 9.10. The number of pyridine rings is 1. The summed E-state index contributed by atoms with van der Waals surface area (Å²) in [7, 11) is 0. The van der Waals surface area contributed by atoms with E-state index in [1.165, 1.54) is 5.56 Å². The van der Waals surface area contributed by atoms with Crippen LogP contribution in [0.15, 0.2) is 16.7 Å². The number of nitrogens with zero attached hydrogens (tertiary/aromatic N) is 2. The lowest BCUT2D eigenvalue weighted by atomic mass is 10.2. The standard InChI is InChI=1S/C13H22BrN3/c1-10(2)9-17(8-4-6-15)13-12(14)11(3)5-7-16-13/h5,7,10H,4,6,8-9,15H2,1-3H3. The summed E-state index contributed by atoms with van der Waals surface area (Å²) in [6.45, 7) is 9.22. The molecule has 0 aromatic carbocycles. The Bertz CT molecular complexity index is 353. The van der Waals surface area contributed by atoms with Crippen LogP contribution in [0.1, 0.15) is 25.8 Å². The van der Waals surface area contributed by atoms with Crippen LogP contribution in [0.4, 0.5) is 5.82 Å². The second-order valence-corrected chi connectivity index (χ2v) is 5.54. The van der Waals surface area contributed by atoms with Gasteiger partial charge in [-0.3, -0.25) is 0 Å². The molecule has 0 saturated carbocycles. The normalized spacial score (nSPS) is 10.9. The van der Waals surface area contributed by atoms with E-state index in [2.05, 4.69) is 46.6 Å². The van der Waals surface area contributed by atoms with Crippen molar-refractivity contribution in [2.24, 2.45) is 11.7 Å². The van der Waals surface area contributed by atoms with Crippen molar-refractivity contribution in [3.05, 3.63) is 22.3 Å². The third-order valence-electron chi connectivity index (χ3n) is 2.58. The second-order valence-electron chi connectivity index (χ2n) is 4.75. The first kappa shape index (κ1) is 14.5. The minimum atomic E-state index is 0.613. The molecule has 0 fully saturated rings. The number of halogens is 1. The highest BCUT2D eigenvalue weighted by Gasteiger charge is 2.13. The number of anilines is 1. The number of nitrogens with two attached hydrogens (primary N) is 1. The maximum atomic E-state index is 5.59. The van der Waals surface area contributed by atoms with Gasteiger partial charge in [0, 0.05) is 19.3 Å². The highest BCUT2D eigenvalue weighted by atomic mass is 79.9. The maximum absolute atomic E-state index is 5.59. The summed E-state index contributed by atoms with van der Waals surface area (Å²) in [5, 5.41) is 0. The third kappa shape index (κ3) is 4.28. The summed E-state index contributed by atoms with van der Waals surface area (Å²) in [5.41, 5.74) is 6.81. The Morgan fingerprint density at radius 1 is 1.47 bits per heavy atom. The number of aromatic nitrogens is 1. The van der Waals surface area contributed by atoms with Gasteiger partial charge in [0.05, 0.1) is 4.47 Å². The fourth-order valence-electron chi connectivity index (χ4n) is 1.75. The number of aryl methyl sites for hydroxylation is 1. The van der Waals surface area contributed by atoms with Gasteiger partial charge in [-0.15, -0.1) is 0 Å². The van der Waals surface area contributed by atoms with Gasteiger partial charge < -0.3 is 10.6 Å². The average Bonchev–Trinajstić information content (AvgIpc) is 2.28. The molecule has 96 valence electrons. The van der Waals surface area contributed by atoms with Crippen molar-refractivity contribution in [1.29, 1.82) is 0 Å². The van der Waals surface area contributed by atoms with Crippen molar-refractivity contribution in [3.63, 3.8) is 0 Å². The molecule has 1 rings (SSSR count). The minimum absolute atomic E-state index is 0.613. The molecular formula is C13H22BrN3. The van der Waals surface area contributed by atoms with E-state index in [9.17, 15) is 0 Å². The second kappa shape index (κ2) is 6.97. The summed E-state index contributed by atoms with van der Waals surface area (Å²) in [6.07, 6.45) is 2.86. The molecule has 4 heteroatoms. The van der Waals surface area contributed by atoms with Crippen LogP contribution in [0, 0.1) is 12.8 Å². The van der Waals surface area contributed by atoms with Crippen LogP contribution in [-0.2, 0) is 0 Å². The fraction of sp³-hybridized carbons (Fsp3) is 0.615. The molecular weight excluding hydrogens is 278 g/mol. The van der Waals surface area contributed by atoms with Crippen LogP contribution < -0.4 is 10.6 Å². The van der Waals surface area contributed by atoms with Crippen LogP contribution in [-0.4, -0.2) is 24.6 Å². The molecule has 1 heterocycles. The van der Waals surface area contributed by atoms with E-state index in [1.807, 2.05) is 12.3 Å². The van der Waals surface area contributed by atoms with Crippen LogP contribution in [0.2, 0.25) is 0 Å². The van der Waals surface area contributed by atoms with Crippen LogP contribution in [0.3, 0.4) is 0 Å². The number of rotatable bonds is 6. The predicted octanol–water partition coefficient (Wildman–Crippen LogP) is 2.96. The largest absolute Gasteiger partial charge is 0.355 e. The first-order valence-electron chi connectivity index (χ1n) is 6.12. The molecule has 0 amide bonds. The van der Waals surface area contributed by atoms with E-state index >= 15 is 0 Å². The molecule has 0 aliphatic rings. The van der Waals surface area contributed by atoms with Gasteiger partial charge in [0.15, 0.2) is 0 Å². The van der Waals surface area contributed by atoms with E-state index in [-0.39, 0.29) is 0 Å². The first-order valence-corrected chi connectivity index (χ1v) is 6.91. The zero-order chi connectivity index (χ0) is 12.8. The minimum Gasteiger partial charge on any atom is -0.355 e. The quantitative estimate of drug-likeness (QED) is 0.878. The van der Waals surface area contributed by atoms with Crippen molar-refractivity contribution in [1.82, 2.24) is 4.98 Å². The van der Waals surface area contributed by atoms with E-state index in [0.717, 1.165) is 36.3 Å². The molecule has 0 bridgehead atoms. The lowest BCUT2D eigenvalue weighted by Gasteiger charge is -2.26. The third-order valence-corrected chi connectivity index (χ3v) is 3.56. The van der Waals surface area contributed by atoms with Crippen LogP contribution in [0.25, 0.3) is 0 Å². The van der Waals surface area contributed by atoms with Crippen LogP contribution in [0.5, 0.6) is 0 Å². The molecule has 3 nitrogen and oxygen atoms in total. The molecule has 0 spiro atoms. The summed E-state index contributed by atoms with van der Waals surface area (Å²) in [5.74, 6) is 1.65. The average molecular weight is 300 g/mol. The van der Waals surface area contributed by atoms with Gasteiger partial charge >= 0.3 is 0 Å². The van der Waals surface area contributed by atoms with Gasteiger partial charge in [0.2, 0.25) is 0 Å². The Balaban J connectivity index is 2.90. The van der Waals surface area contributed by atoms with E-state index in [1.54, 1.807) is 0 Å². The smallest absolute Gasteiger partial charge is 0.143 e. The first-order chi connectivity index (χ1) is 8.06. The van der Waals surface area contributed by atoms with Crippen molar-refractivity contribution in [2.75, 3.05) is 24.5 Å². The lowest BCUT2D eigenvalue weighted by molar-refractivity contribution is 0.595. The Morgan fingerprint density at radius 2 is 2.18 bits per heavy atom. The molecule has 0 atom stereocenters. The van der Waals surface area contributed by atoms with Gasteiger partial charge in [-0.25, -0.2) is 4.98 Å². The Labute approximate surface area is 113 Å². The van der Waals surface area contributed by atoms with Crippen molar-refractivity contribution in [2.45, 2.75) is 27.2 Å². The van der Waals surface area contributed by atoms with Gasteiger partial charge in [-0.05, 0) is 53.4 Å². The van der Waals surface area contributed by atoms with Crippen molar-refractivity contribution in [3.8, 4) is 0 Å². The van der Waals surface area contributed by atoms with Gasteiger partial charge in [-0.2, -0.15) is 0 Å². The van der Waals surface area contributed by atoms with E-state index in [4.69, 9.17) is 5.73 Å². The van der Waals surface area contributed by atoms with Crippen molar-refractivity contribution < 1.29 is 0 Å². The Morgan fingerprint density at radius 3 is 2.76 bits per heavy atom. The number of hydrogen-bond donors (Lipinski definition) is 1. The van der Waals surface area contributed by atoms with Gasteiger partial charge in [0.1, 0.15) is 5.82 Å². The predicted molar refractivity (Wildman–Crippen MR) is 77.4 cm³/mol. The molecule has 1 aromatic heterocycles. The molecule has 0 aliphatic heterocycles. The monoisotopic (exact) mass is 299 g/mol.